The lowest BCUT2D eigenvalue weighted by Gasteiger charge is -2.24. The summed E-state index contributed by atoms with van der Waals surface area (Å²) >= 11 is 15.7. The molecule has 1 N–H and O–H groups in total. The molecule has 4 rings (SSSR count). The van der Waals surface area contributed by atoms with Crippen molar-refractivity contribution in [2.45, 2.75) is 32.3 Å². The summed E-state index contributed by atoms with van der Waals surface area (Å²) in [7, 11) is -2.55. The molecule has 0 spiro atoms. The number of aryl methyl sites for hydroxylation is 3. The van der Waals surface area contributed by atoms with Crippen LogP contribution in [0.5, 0.6) is 11.5 Å². The van der Waals surface area contributed by atoms with Crippen LogP contribution in [0.15, 0.2) is 87.3 Å². The zero-order chi connectivity index (χ0) is 32.0. The topological polar surface area (TPSA) is 97.3 Å². The summed E-state index contributed by atoms with van der Waals surface area (Å²) < 4.78 is 40.5. The SMILES string of the molecule is COc1cc(/C=N/NC(=O)CN(c2cc(C)cc(C)c2)S(=O)(=O)c2ccc(C)cc2)cc(Br)c1OCc1ccc(Cl)cc1Cl. The maximum absolute atomic E-state index is 13.7. The van der Waals surface area contributed by atoms with Gasteiger partial charge in [-0.15, -0.1) is 0 Å². The number of ether oxygens (including phenoxy) is 2. The number of halogens is 3. The second-order valence-corrected chi connectivity index (χ2v) is 13.6. The van der Waals surface area contributed by atoms with Crippen molar-refractivity contribution >= 4 is 67.0 Å². The Hall–Kier alpha value is -3.57. The van der Waals surface area contributed by atoms with Crippen molar-refractivity contribution in [2.24, 2.45) is 5.10 Å². The molecule has 0 aliphatic heterocycles. The first-order chi connectivity index (χ1) is 20.9. The first kappa shape index (κ1) is 33.3. The van der Waals surface area contributed by atoms with E-state index in [0.717, 1.165) is 26.6 Å². The Balaban J connectivity index is 1.51. The van der Waals surface area contributed by atoms with Crippen molar-refractivity contribution in [2.75, 3.05) is 18.0 Å². The third kappa shape index (κ3) is 8.32. The fourth-order valence-corrected chi connectivity index (χ4v) is 6.78. The van der Waals surface area contributed by atoms with Gasteiger partial charge < -0.3 is 9.47 Å². The van der Waals surface area contributed by atoms with Gasteiger partial charge in [-0.2, -0.15) is 5.10 Å². The van der Waals surface area contributed by atoms with E-state index in [1.807, 2.05) is 26.8 Å². The van der Waals surface area contributed by atoms with Crippen LogP contribution in [0.4, 0.5) is 5.69 Å². The lowest BCUT2D eigenvalue weighted by atomic mass is 10.1. The Morgan fingerprint density at radius 1 is 0.955 bits per heavy atom. The predicted molar refractivity (Wildman–Crippen MR) is 179 cm³/mol. The Kier molecular flexibility index (Phi) is 11.0. The summed E-state index contributed by atoms with van der Waals surface area (Å²) in [4.78, 5) is 13.1. The van der Waals surface area contributed by atoms with Crippen LogP contribution in [0.3, 0.4) is 0 Å². The highest BCUT2D eigenvalue weighted by molar-refractivity contribution is 9.10. The molecular formula is C32H30BrCl2N3O5S. The van der Waals surface area contributed by atoms with Crippen LogP contribution in [-0.2, 0) is 21.4 Å². The molecule has 1 amide bonds. The zero-order valence-electron chi connectivity index (χ0n) is 24.4. The van der Waals surface area contributed by atoms with Crippen molar-refractivity contribution < 1.29 is 22.7 Å². The minimum absolute atomic E-state index is 0.0798. The second-order valence-electron chi connectivity index (χ2n) is 10.0. The molecule has 0 aliphatic carbocycles. The van der Waals surface area contributed by atoms with Gasteiger partial charge in [0.15, 0.2) is 11.5 Å². The Morgan fingerprint density at radius 3 is 2.27 bits per heavy atom. The normalized spacial score (nSPS) is 11.4. The fourth-order valence-electron chi connectivity index (χ4n) is 4.33. The maximum Gasteiger partial charge on any atom is 0.264 e. The average Bonchev–Trinajstić information content (AvgIpc) is 2.95. The van der Waals surface area contributed by atoms with Crippen molar-refractivity contribution in [3.8, 4) is 11.5 Å². The molecule has 0 heterocycles. The number of benzene rings is 4. The van der Waals surface area contributed by atoms with Gasteiger partial charge >= 0.3 is 0 Å². The smallest absolute Gasteiger partial charge is 0.264 e. The average molecular weight is 719 g/mol. The number of carbonyl (C=O) groups excluding carboxylic acids is 1. The van der Waals surface area contributed by atoms with E-state index >= 15 is 0 Å². The van der Waals surface area contributed by atoms with Gasteiger partial charge in [0.2, 0.25) is 0 Å². The molecule has 0 atom stereocenters. The molecule has 12 heteroatoms. The van der Waals surface area contributed by atoms with Gasteiger partial charge in [-0.3, -0.25) is 9.10 Å². The quantitative estimate of drug-likeness (QED) is 0.127. The van der Waals surface area contributed by atoms with E-state index in [1.165, 1.54) is 25.5 Å². The Morgan fingerprint density at radius 2 is 1.64 bits per heavy atom. The van der Waals surface area contributed by atoms with Crippen molar-refractivity contribution in [3.05, 3.63) is 115 Å². The molecule has 44 heavy (non-hydrogen) atoms. The summed E-state index contributed by atoms with van der Waals surface area (Å²) in [6.07, 6.45) is 1.42. The number of anilines is 1. The molecule has 0 aromatic heterocycles. The number of sulfonamides is 1. The van der Waals surface area contributed by atoms with E-state index in [2.05, 4.69) is 26.5 Å². The van der Waals surface area contributed by atoms with Crippen molar-refractivity contribution in [3.63, 3.8) is 0 Å². The molecule has 0 fully saturated rings. The molecule has 0 unspecified atom stereocenters. The molecular weight excluding hydrogens is 689 g/mol. The molecule has 4 aromatic rings. The largest absolute Gasteiger partial charge is 0.493 e. The van der Waals surface area contributed by atoms with Crippen LogP contribution in [0.25, 0.3) is 0 Å². The standard InChI is InChI=1S/C32H30BrCl2N3O5S/c1-20-5-9-27(10-6-20)44(40,41)38(26-12-21(2)11-22(3)13-26)18-31(39)37-36-17-23-14-28(33)32(30(15-23)42-4)43-19-24-7-8-25(34)16-29(24)35/h5-17H,18-19H2,1-4H3,(H,37,39)/b36-17+. The van der Waals surface area contributed by atoms with Crippen molar-refractivity contribution in [1.82, 2.24) is 5.43 Å². The van der Waals surface area contributed by atoms with E-state index in [1.54, 1.807) is 54.6 Å². The third-order valence-corrected chi connectivity index (χ3v) is 9.40. The highest BCUT2D eigenvalue weighted by Crippen LogP contribution is 2.37. The number of hydrazone groups is 1. The first-order valence-corrected chi connectivity index (χ1v) is 16.3. The first-order valence-electron chi connectivity index (χ1n) is 13.3. The van der Waals surface area contributed by atoms with E-state index in [-0.39, 0.29) is 11.5 Å². The molecule has 0 bridgehead atoms. The number of carbonyl (C=O) groups is 1. The summed E-state index contributed by atoms with van der Waals surface area (Å²) in [5, 5.41) is 5.06. The number of hydrogen-bond donors (Lipinski definition) is 1. The number of methoxy groups -OCH3 is 1. The van der Waals surface area contributed by atoms with Gasteiger partial charge in [-0.05, 0) is 102 Å². The lowest BCUT2D eigenvalue weighted by molar-refractivity contribution is -0.119. The number of nitrogens with zero attached hydrogens (tertiary/aromatic N) is 2. The number of nitrogens with one attached hydrogen (secondary N) is 1. The number of hydrogen-bond acceptors (Lipinski definition) is 6. The summed E-state index contributed by atoms with van der Waals surface area (Å²) in [6, 6.07) is 20.4. The molecule has 0 aliphatic rings. The van der Waals surface area contributed by atoms with Crippen LogP contribution >= 0.6 is 39.1 Å². The van der Waals surface area contributed by atoms with Gasteiger partial charge in [0.25, 0.3) is 15.9 Å². The van der Waals surface area contributed by atoms with Gasteiger partial charge in [-0.1, -0.05) is 53.0 Å². The minimum Gasteiger partial charge on any atom is -0.493 e. The molecule has 8 nitrogen and oxygen atoms in total. The van der Waals surface area contributed by atoms with Crippen LogP contribution in [-0.4, -0.2) is 34.2 Å². The number of amides is 1. The van der Waals surface area contributed by atoms with Gasteiger partial charge in [0.1, 0.15) is 13.2 Å². The Labute approximate surface area is 275 Å². The highest BCUT2D eigenvalue weighted by Gasteiger charge is 2.27. The van der Waals surface area contributed by atoms with Crippen LogP contribution in [0.2, 0.25) is 10.0 Å². The fraction of sp³-hybridized carbons (Fsp3) is 0.188. The van der Waals surface area contributed by atoms with Gasteiger partial charge in [-0.25, -0.2) is 13.8 Å². The van der Waals surface area contributed by atoms with Crippen LogP contribution in [0, 0.1) is 20.8 Å². The van der Waals surface area contributed by atoms with E-state index in [9.17, 15) is 13.2 Å². The molecule has 4 aromatic carbocycles. The van der Waals surface area contributed by atoms with Crippen LogP contribution < -0.4 is 19.2 Å². The van der Waals surface area contributed by atoms with E-state index in [4.69, 9.17) is 32.7 Å². The third-order valence-electron chi connectivity index (χ3n) is 6.43. The summed E-state index contributed by atoms with van der Waals surface area (Å²) in [6.45, 7) is 5.30. The van der Waals surface area contributed by atoms with Crippen LogP contribution in [0.1, 0.15) is 27.8 Å². The van der Waals surface area contributed by atoms with Crippen molar-refractivity contribution in [1.29, 1.82) is 0 Å². The zero-order valence-corrected chi connectivity index (χ0v) is 28.3. The molecule has 230 valence electrons. The second kappa shape index (κ2) is 14.5. The summed E-state index contributed by atoms with van der Waals surface area (Å²) in [5.74, 6) is 0.245. The minimum atomic E-state index is -4.06. The summed E-state index contributed by atoms with van der Waals surface area (Å²) in [5.41, 5.74) is 6.80. The predicted octanol–water partition coefficient (Wildman–Crippen LogP) is 7.61. The van der Waals surface area contributed by atoms with Gasteiger partial charge in [0, 0.05) is 15.6 Å². The Bertz CT molecular complexity index is 1800. The monoisotopic (exact) mass is 717 g/mol. The van der Waals surface area contributed by atoms with E-state index in [0.29, 0.717) is 37.3 Å². The number of rotatable bonds is 11. The van der Waals surface area contributed by atoms with E-state index < -0.39 is 22.5 Å². The molecule has 0 radical (unpaired) electrons. The molecule has 0 saturated carbocycles. The molecule has 0 saturated heterocycles. The van der Waals surface area contributed by atoms with Gasteiger partial charge in [0.05, 0.1) is 28.4 Å². The lowest BCUT2D eigenvalue weighted by Crippen LogP contribution is -2.39. The highest BCUT2D eigenvalue weighted by atomic mass is 79.9. The maximum atomic E-state index is 13.7.